The number of furan rings is 1. The summed E-state index contributed by atoms with van der Waals surface area (Å²) in [5, 5.41) is 8.01. The molecule has 4 aromatic rings. The van der Waals surface area contributed by atoms with Crippen molar-refractivity contribution >= 4 is 28.5 Å². The summed E-state index contributed by atoms with van der Waals surface area (Å²) in [5.41, 5.74) is 2.90. The summed E-state index contributed by atoms with van der Waals surface area (Å²) in [4.78, 5) is 27.6. The lowest BCUT2D eigenvalue weighted by atomic mass is 10.1. The van der Waals surface area contributed by atoms with Gasteiger partial charge in [0, 0.05) is 31.1 Å². The summed E-state index contributed by atoms with van der Waals surface area (Å²) in [6.45, 7) is 1.97. The maximum atomic E-state index is 13.1. The lowest BCUT2D eigenvalue weighted by molar-refractivity contribution is -0.116. The number of carbonyl (C=O) groups excluding carboxylic acids is 2. The third-order valence-corrected chi connectivity index (χ3v) is 5.65. The van der Waals surface area contributed by atoms with Gasteiger partial charge in [0.2, 0.25) is 11.7 Å². The molecule has 0 saturated carbocycles. The second-order valence-electron chi connectivity index (χ2n) is 7.88. The fourth-order valence-electron chi connectivity index (χ4n) is 3.90. The summed E-state index contributed by atoms with van der Waals surface area (Å²) in [6, 6.07) is 17.1. The Morgan fingerprint density at radius 1 is 1.00 bits per heavy atom. The molecule has 0 atom stereocenters. The highest BCUT2D eigenvalue weighted by molar-refractivity contribution is 6.10. The Hall–Kier alpha value is -3.91. The minimum atomic E-state index is -0.242. The molecule has 0 unspecified atom stereocenters. The molecule has 1 N–H and O–H groups in total. The van der Waals surface area contributed by atoms with Crippen LogP contribution >= 0.6 is 0 Å². The van der Waals surface area contributed by atoms with Crippen molar-refractivity contribution in [2.45, 2.75) is 12.8 Å². The van der Waals surface area contributed by atoms with E-state index in [0.717, 1.165) is 11.3 Å². The zero-order valence-electron chi connectivity index (χ0n) is 18.1. The SMILES string of the molecule is O=C(CCc1cnn(-c2ccccc2)c1)Nc1c(C(=O)N2CCOCC2)oc2ccccc12. The van der Waals surface area contributed by atoms with Gasteiger partial charge in [0.15, 0.2) is 0 Å². The van der Waals surface area contributed by atoms with E-state index in [1.165, 1.54) is 0 Å². The Balaban J connectivity index is 1.31. The molecule has 0 radical (unpaired) electrons. The highest BCUT2D eigenvalue weighted by Crippen LogP contribution is 2.32. The molecule has 8 nitrogen and oxygen atoms in total. The highest BCUT2D eigenvalue weighted by atomic mass is 16.5. The molecular formula is C25H24N4O4. The van der Waals surface area contributed by atoms with Gasteiger partial charge in [-0.15, -0.1) is 0 Å². The number of aromatic nitrogens is 2. The normalized spacial score (nSPS) is 13.9. The number of benzene rings is 2. The molecule has 0 aliphatic carbocycles. The molecule has 1 saturated heterocycles. The van der Waals surface area contributed by atoms with E-state index in [9.17, 15) is 9.59 Å². The zero-order valence-corrected chi connectivity index (χ0v) is 18.1. The fourth-order valence-corrected chi connectivity index (χ4v) is 3.90. The molecule has 2 amide bonds. The maximum Gasteiger partial charge on any atom is 0.291 e. The van der Waals surface area contributed by atoms with E-state index in [1.807, 2.05) is 54.7 Å². The number of fused-ring (bicyclic) bond motifs is 1. The van der Waals surface area contributed by atoms with Gasteiger partial charge in [-0.3, -0.25) is 9.59 Å². The molecule has 33 heavy (non-hydrogen) atoms. The predicted octanol–water partition coefficient (Wildman–Crippen LogP) is 3.66. The number of hydrogen-bond acceptors (Lipinski definition) is 5. The Morgan fingerprint density at radius 3 is 2.58 bits per heavy atom. The Kier molecular flexibility index (Phi) is 5.91. The van der Waals surface area contributed by atoms with Crippen LogP contribution < -0.4 is 5.32 Å². The molecule has 168 valence electrons. The minimum absolute atomic E-state index is 0.156. The predicted molar refractivity (Wildman–Crippen MR) is 123 cm³/mol. The second-order valence-corrected chi connectivity index (χ2v) is 7.88. The number of aryl methyl sites for hydroxylation is 1. The lowest BCUT2D eigenvalue weighted by Crippen LogP contribution is -2.40. The number of anilines is 1. The van der Waals surface area contributed by atoms with Crippen LogP contribution in [-0.2, 0) is 16.0 Å². The summed E-state index contributed by atoms with van der Waals surface area (Å²) in [7, 11) is 0. The summed E-state index contributed by atoms with van der Waals surface area (Å²) in [6.07, 6.45) is 4.47. The summed E-state index contributed by atoms with van der Waals surface area (Å²) in [5.74, 6) is -0.276. The number of amides is 2. The number of nitrogens with zero attached hydrogens (tertiary/aromatic N) is 3. The van der Waals surface area contributed by atoms with E-state index in [1.54, 1.807) is 21.8 Å². The van der Waals surface area contributed by atoms with Crippen molar-refractivity contribution in [2.75, 3.05) is 31.6 Å². The van der Waals surface area contributed by atoms with Crippen molar-refractivity contribution in [1.29, 1.82) is 0 Å². The van der Waals surface area contributed by atoms with E-state index < -0.39 is 0 Å². The van der Waals surface area contributed by atoms with Gasteiger partial charge < -0.3 is 19.4 Å². The average molecular weight is 444 g/mol. The van der Waals surface area contributed by atoms with Crippen molar-refractivity contribution < 1.29 is 18.7 Å². The molecule has 3 heterocycles. The molecule has 8 heteroatoms. The van der Waals surface area contributed by atoms with Gasteiger partial charge >= 0.3 is 0 Å². The summed E-state index contributed by atoms with van der Waals surface area (Å²) < 4.78 is 13.0. The van der Waals surface area contributed by atoms with E-state index in [2.05, 4.69) is 10.4 Å². The van der Waals surface area contributed by atoms with Crippen LogP contribution in [0.3, 0.4) is 0 Å². The minimum Gasteiger partial charge on any atom is -0.449 e. The van der Waals surface area contributed by atoms with Crippen LogP contribution in [0.1, 0.15) is 22.5 Å². The van der Waals surface area contributed by atoms with Crippen LogP contribution in [0.4, 0.5) is 5.69 Å². The van der Waals surface area contributed by atoms with Crippen LogP contribution in [0.2, 0.25) is 0 Å². The highest BCUT2D eigenvalue weighted by Gasteiger charge is 2.27. The Bertz CT molecular complexity index is 1270. The van der Waals surface area contributed by atoms with Gasteiger partial charge in [-0.05, 0) is 36.2 Å². The van der Waals surface area contributed by atoms with Crippen LogP contribution in [0.5, 0.6) is 0 Å². The van der Waals surface area contributed by atoms with E-state index in [0.29, 0.717) is 49.4 Å². The monoisotopic (exact) mass is 444 g/mol. The molecule has 2 aromatic heterocycles. The van der Waals surface area contributed by atoms with Gasteiger partial charge in [0.25, 0.3) is 5.91 Å². The maximum absolute atomic E-state index is 13.1. The van der Waals surface area contributed by atoms with Crippen LogP contribution in [0.15, 0.2) is 71.4 Å². The number of nitrogens with one attached hydrogen (secondary N) is 1. The van der Waals surface area contributed by atoms with E-state index in [-0.39, 0.29) is 24.0 Å². The van der Waals surface area contributed by atoms with Gasteiger partial charge in [0.1, 0.15) is 11.3 Å². The zero-order chi connectivity index (χ0) is 22.6. The van der Waals surface area contributed by atoms with E-state index in [4.69, 9.17) is 9.15 Å². The fraction of sp³-hybridized carbons (Fsp3) is 0.240. The first-order valence-electron chi connectivity index (χ1n) is 11.0. The molecule has 0 spiro atoms. The van der Waals surface area contributed by atoms with Crippen LogP contribution in [0.25, 0.3) is 16.7 Å². The molecule has 1 aliphatic rings. The molecule has 1 aliphatic heterocycles. The summed E-state index contributed by atoms with van der Waals surface area (Å²) >= 11 is 0. The first kappa shape index (κ1) is 21.0. The number of ether oxygens (including phenoxy) is 1. The molecule has 2 aromatic carbocycles. The van der Waals surface area contributed by atoms with Crippen molar-refractivity contribution in [3.8, 4) is 5.69 Å². The molecular weight excluding hydrogens is 420 g/mol. The first-order valence-corrected chi connectivity index (χ1v) is 11.0. The Morgan fingerprint density at radius 2 is 1.76 bits per heavy atom. The van der Waals surface area contributed by atoms with Gasteiger partial charge in [-0.25, -0.2) is 4.68 Å². The third kappa shape index (κ3) is 4.51. The topological polar surface area (TPSA) is 89.6 Å². The quantitative estimate of drug-likeness (QED) is 0.490. The second kappa shape index (κ2) is 9.30. The molecule has 0 bridgehead atoms. The third-order valence-electron chi connectivity index (χ3n) is 5.65. The lowest BCUT2D eigenvalue weighted by Gasteiger charge is -2.26. The van der Waals surface area contributed by atoms with Gasteiger partial charge in [0.05, 0.1) is 25.1 Å². The molecule has 1 fully saturated rings. The number of para-hydroxylation sites is 2. The number of morpholine rings is 1. The Labute approximate surface area is 190 Å². The number of hydrogen-bond donors (Lipinski definition) is 1. The number of carbonyl (C=O) groups is 2. The van der Waals surface area contributed by atoms with E-state index >= 15 is 0 Å². The first-order chi connectivity index (χ1) is 16.2. The van der Waals surface area contributed by atoms with Crippen molar-refractivity contribution in [3.63, 3.8) is 0 Å². The van der Waals surface area contributed by atoms with Gasteiger partial charge in [-0.1, -0.05) is 30.3 Å². The standard InChI is InChI=1S/C25H24N4O4/c30-22(11-10-18-16-26-29(17-18)19-6-2-1-3-7-19)27-23-20-8-4-5-9-21(20)33-24(23)25(31)28-12-14-32-15-13-28/h1-9,16-17H,10-15H2,(H,27,30). The van der Waals surface area contributed by atoms with Crippen molar-refractivity contribution in [3.05, 3.63) is 78.3 Å². The smallest absolute Gasteiger partial charge is 0.291 e. The largest absolute Gasteiger partial charge is 0.449 e. The van der Waals surface area contributed by atoms with Crippen LogP contribution in [-0.4, -0.2) is 52.8 Å². The average Bonchev–Trinajstić information content (AvgIpc) is 3.49. The number of rotatable bonds is 6. The molecule has 5 rings (SSSR count). The van der Waals surface area contributed by atoms with Crippen molar-refractivity contribution in [2.24, 2.45) is 0 Å². The van der Waals surface area contributed by atoms with Crippen LogP contribution in [0, 0.1) is 0 Å². The van der Waals surface area contributed by atoms with Gasteiger partial charge in [-0.2, -0.15) is 5.10 Å². The van der Waals surface area contributed by atoms with Crippen molar-refractivity contribution in [1.82, 2.24) is 14.7 Å².